The average Bonchev–Trinajstić information content (AvgIpc) is 2.98. The van der Waals surface area contributed by atoms with E-state index in [-0.39, 0.29) is 22.6 Å². The Morgan fingerprint density at radius 1 is 0.810 bits per heavy atom. The van der Waals surface area contributed by atoms with Crippen LogP contribution in [-0.2, 0) is 34.2 Å². The van der Waals surface area contributed by atoms with E-state index in [1.165, 1.54) is 11.1 Å². The van der Waals surface area contributed by atoms with Gasteiger partial charge in [0, 0.05) is 24.8 Å². The van der Waals surface area contributed by atoms with Crippen LogP contribution in [-0.4, -0.2) is 42.5 Å². The zero-order chi connectivity index (χ0) is 29.2. The van der Waals surface area contributed by atoms with Gasteiger partial charge in [-0.15, -0.1) is 0 Å². The van der Waals surface area contributed by atoms with Crippen LogP contribution in [0.25, 0.3) is 11.1 Å². The molecule has 1 fully saturated rings. The molecule has 1 saturated heterocycles. The molecule has 2 aliphatic rings. The fourth-order valence-corrected chi connectivity index (χ4v) is 8.01. The Bertz CT molecular complexity index is 1610. The Kier molecular flexibility index (Phi) is 7.95. The molecule has 5 nitrogen and oxygen atoms in total. The summed E-state index contributed by atoms with van der Waals surface area (Å²) in [6.07, 6.45) is 6.84. The van der Waals surface area contributed by atoms with Crippen LogP contribution in [0.1, 0.15) is 55.5 Å². The smallest absolute Gasteiger partial charge is 0.160 e. The second-order valence-corrected chi connectivity index (χ2v) is 14.7. The Morgan fingerprint density at radius 3 is 2.24 bits per heavy atom. The third-order valence-corrected chi connectivity index (χ3v) is 10.5. The molecule has 0 amide bonds. The largest absolute Gasteiger partial charge is 0.487 e. The molecule has 0 radical (unpaired) electrons. The van der Waals surface area contributed by atoms with Crippen molar-refractivity contribution in [2.24, 2.45) is 0 Å². The van der Waals surface area contributed by atoms with Crippen molar-refractivity contribution in [3.63, 3.8) is 0 Å². The molecule has 0 saturated carbocycles. The number of pyridine rings is 1. The van der Waals surface area contributed by atoms with Crippen LogP contribution in [0, 0.1) is 0 Å². The standard InChI is InChI=1S/C36H40N2O3S/c1-35(2,25-28-8-4-3-5-9-28)38-22-19-36(20-23-38)18-17-32-24-31(15-16-34(32)41-36)30-13-11-29(12-14-30)26-42(39,40)27-33-10-6-7-21-37-33/h3-16,21,24H,17-20,22-23,25-27H2,1-2H3. The number of piperidine rings is 1. The van der Waals surface area contributed by atoms with E-state index in [0.29, 0.717) is 5.69 Å². The SMILES string of the molecule is CC(C)(Cc1ccccc1)N1CCC2(CCc3cc(-c4ccc(CS(=O)(=O)Cc5ccccn5)cc4)ccc3O2)CC1. The van der Waals surface area contributed by atoms with E-state index in [2.05, 4.69) is 72.3 Å². The fraction of sp³-hybridized carbons (Fsp3) is 0.361. The number of benzene rings is 3. The average molecular weight is 581 g/mol. The van der Waals surface area contributed by atoms with Crippen molar-refractivity contribution < 1.29 is 13.2 Å². The van der Waals surface area contributed by atoms with Gasteiger partial charge in [-0.3, -0.25) is 9.88 Å². The third-order valence-electron chi connectivity index (χ3n) is 9.01. The summed E-state index contributed by atoms with van der Waals surface area (Å²) in [5.74, 6) is 0.968. The highest BCUT2D eigenvalue weighted by Gasteiger charge is 2.42. The number of likely N-dealkylation sites (tertiary alicyclic amines) is 1. The van der Waals surface area contributed by atoms with Gasteiger partial charge in [-0.1, -0.05) is 66.7 Å². The summed E-state index contributed by atoms with van der Waals surface area (Å²) in [4.78, 5) is 6.80. The first kappa shape index (κ1) is 28.6. The van der Waals surface area contributed by atoms with E-state index in [9.17, 15) is 8.42 Å². The van der Waals surface area contributed by atoms with Crippen LogP contribution < -0.4 is 4.74 Å². The zero-order valence-electron chi connectivity index (χ0n) is 24.6. The normalized spacial score (nSPS) is 17.0. The molecule has 3 heterocycles. The molecule has 0 bridgehead atoms. The molecule has 4 aromatic rings. The highest BCUT2D eigenvalue weighted by molar-refractivity contribution is 7.89. The number of rotatable bonds is 8. The summed E-state index contributed by atoms with van der Waals surface area (Å²) >= 11 is 0. The molecule has 42 heavy (non-hydrogen) atoms. The maximum Gasteiger partial charge on any atom is 0.160 e. The van der Waals surface area contributed by atoms with Gasteiger partial charge in [-0.25, -0.2) is 8.42 Å². The van der Waals surface area contributed by atoms with E-state index >= 15 is 0 Å². The van der Waals surface area contributed by atoms with Crippen molar-refractivity contribution in [2.75, 3.05) is 13.1 Å². The van der Waals surface area contributed by atoms with E-state index in [0.717, 1.165) is 67.6 Å². The van der Waals surface area contributed by atoms with Gasteiger partial charge < -0.3 is 4.74 Å². The first-order valence-corrected chi connectivity index (χ1v) is 16.8. The molecule has 6 heteroatoms. The summed E-state index contributed by atoms with van der Waals surface area (Å²) < 4.78 is 32.1. The van der Waals surface area contributed by atoms with Gasteiger partial charge in [-0.05, 0) is 98.0 Å². The molecule has 1 aromatic heterocycles. The van der Waals surface area contributed by atoms with Crippen molar-refractivity contribution in [3.8, 4) is 16.9 Å². The minimum Gasteiger partial charge on any atom is -0.487 e. The van der Waals surface area contributed by atoms with Crippen molar-refractivity contribution in [3.05, 3.63) is 120 Å². The zero-order valence-corrected chi connectivity index (χ0v) is 25.4. The van der Waals surface area contributed by atoms with Crippen LogP contribution in [0.4, 0.5) is 0 Å². The molecule has 0 N–H and O–H groups in total. The quantitative estimate of drug-likeness (QED) is 0.224. The van der Waals surface area contributed by atoms with Gasteiger partial charge in [-0.2, -0.15) is 0 Å². The Hall–Kier alpha value is -3.48. The lowest BCUT2D eigenvalue weighted by Crippen LogP contribution is -2.56. The Morgan fingerprint density at radius 2 is 1.52 bits per heavy atom. The maximum absolute atomic E-state index is 12.7. The Labute approximate surface area is 250 Å². The lowest BCUT2D eigenvalue weighted by Gasteiger charge is -2.49. The van der Waals surface area contributed by atoms with Crippen LogP contribution >= 0.6 is 0 Å². The number of sulfone groups is 1. The summed E-state index contributed by atoms with van der Waals surface area (Å²) in [5.41, 5.74) is 6.26. The molecule has 0 unspecified atom stereocenters. The van der Waals surface area contributed by atoms with Crippen molar-refractivity contribution in [2.45, 2.75) is 68.6 Å². The number of nitrogens with zero attached hydrogens (tertiary/aromatic N) is 2. The van der Waals surface area contributed by atoms with E-state index in [1.807, 2.05) is 30.3 Å². The number of hydrogen-bond acceptors (Lipinski definition) is 5. The second kappa shape index (κ2) is 11.7. The lowest BCUT2D eigenvalue weighted by atomic mass is 9.80. The lowest BCUT2D eigenvalue weighted by molar-refractivity contribution is -0.0388. The number of aromatic nitrogens is 1. The third kappa shape index (κ3) is 6.61. The summed E-state index contributed by atoms with van der Waals surface area (Å²) in [6, 6.07) is 30.5. The highest BCUT2D eigenvalue weighted by Crippen LogP contribution is 2.42. The molecule has 1 spiro atoms. The van der Waals surface area contributed by atoms with E-state index in [1.54, 1.807) is 18.3 Å². The van der Waals surface area contributed by atoms with Gasteiger partial charge >= 0.3 is 0 Å². The maximum atomic E-state index is 12.7. The minimum absolute atomic E-state index is 0.00479. The summed E-state index contributed by atoms with van der Waals surface area (Å²) in [6.45, 7) is 6.84. The number of hydrogen-bond donors (Lipinski definition) is 0. The van der Waals surface area contributed by atoms with Crippen molar-refractivity contribution in [1.29, 1.82) is 0 Å². The monoisotopic (exact) mass is 580 g/mol. The van der Waals surface area contributed by atoms with Crippen LogP contribution in [0.2, 0.25) is 0 Å². The first-order chi connectivity index (χ1) is 20.2. The molecule has 6 rings (SSSR count). The minimum atomic E-state index is -3.30. The second-order valence-electron chi connectivity index (χ2n) is 12.6. The van der Waals surface area contributed by atoms with E-state index < -0.39 is 9.84 Å². The molecule has 2 aliphatic heterocycles. The van der Waals surface area contributed by atoms with Crippen molar-refractivity contribution >= 4 is 9.84 Å². The predicted molar refractivity (Wildman–Crippen MR) is 169 cm³/mol. The Balaban J connectivity index is 1.07. The summed E-state index contributed by atoms with van der Waals surface area (Å²) in [5, 5.41) is 0. The van der Waals surface area contributed by atoms with Crippen LogP contribution in [0.15, 0.2) is 97.2 Å². The fourth-order valence-electron chi connectivity index (χ4n) is 6.59. The highest BCUT2D eigenvalue weighted by atomic mass is 32.2. The number of fused-ring (bicyclic) bond motifs is 1. The topological polar surface area (TPSA) is 59.5 Å². The van der Waals surface area contributed by atoms with Crippen LogP contribution in [0.3, 0.4) is 0 Å². The van der Waals surface area contributed by atoms with E-state index in [4.69, 9.17) is 4.74 Å². The predicted octanol–water partition coefficient (Wildman–Crippen LogP) is 7.04. The molecule has 3 aromatic carbocycles. The van der Waals surface area contributed by atoms with Gasteiger partial charge in [0.25, 0.3) is 0 Å². The van der Waals surface area contributed by atoms with Crippen LogP contribution in [0.5, 0.6) is 5.75 Å². The summed E-state index contributed by atoms with van der Waals surface area (Å²) in [7, 11) is -3.30. The molecule has 0 aliphatic carbocycles. The van der Waals surface area contributed by atoms with Gasteiger partial charge in [0.2, 0.25) is 0 Å². The number of aryl methyl sites for hydroxylation is 1. The first-order valence-electron chi connectivity index (χ1n) is 15.0. The number of ether oxygens (including phenoxy) is 1. The van der Waals surface area contributed by atoms with Gasteiger partial charge in [0.15, 0.2) is 9.84 Å². The molecule has 218 valence electrons. The molecular formula is C36H40N2O3S. The van der Waals surface area contributed by atoms with Gasteiger partial charge in [0.05, 0.1) is 17.2 Å². The molecular weight excluding hydrogens is 540 g/mol. The van der Waals surface area contributed by atoms with Crippen molar-refractivity contribution in [1.82, 2.24) is 9.88 Å². The molecule has 0 atom stereocenters. The van der Waals surface area contributed by atoms with Gasteiger partial charge in [0.1, 0.15) is 11.4 Å².